The van der Waals surface area contributed by atoms with Gasteiger partial charge in [0.2, 0.25) is 0 Å². The number of imidazole rings is 1. The van der Waals surface area contributed by atoms with E-state index in [2.05, 4.69) is 33.5 Å². The SMILES string of the molecule is O=C(O)NCCc1nc(C2(Cl)C=CC(c3ccccc3)=CC2)c[nH]1. The van der Waals surface area contributed by atoms with E-state index in [1.165, 1.54) is 0 Å². The Bertz CT molecular complexity index is 783. The number of carboxylic acid groups (broad SMARTS) is 1. The third-order valence-corrected chi connectivity index (χ3v) is 4.42. The zero-order chi connectivity index (χ0) is 17.0. The molecule has 1 atom stereocenters. The Morgan fingerprint density at radius 3 is 2.83 bits per heavy atom. The quantitative estimate of drug-likeness (QED) is 0.724. The summed E-state index contributed by atoms with van der Waals surface area (Å²) in [6.45, 7) is 0.311. The normalized spacial score (nSPS) is 19.8. The number of nitrogens with zero attached hydrogens (tertiary/aromatic N) is 1. The highest BCUT2D eigenvalue weighted by Gasteiger charge is 2.30. The average molecular weight is 344 g/mol. The molecule has 3 rings (SSSR count). The van der Waals surface area contributed by atoms with Crippen LogP contribution in [0.3, 0.4) is 0 Å². The second-order valence-electron chi connectivity index (χ2n) is 5.64. The maximum absolute atomic E-state index is 10.5. The lowest BCUT2D eigenvalue weighted by atomic mass is 9.90. The van der Waals surface area contributed by atoms with Crippen molar-refractivity contribution in [2.75, 3.05) is 6.54 Å². The fraction of sp³-hybridized carbons (Fsp3) is 0.222. The summed E-state index contributed by atoms with van der Waals surface area (Å²) in [5, 5.41) is 10.9. The van der Waals surface area contributed by atoms with Gasteiger partial charge in [0.15, 0.2) is 0 Å². The van der Waals surface area contributed by atoms with Crippen LogP contribution in [0.5, 0.6) is 0 Å². The highest BCUT2D eigenvalue weighted by molar-refractivity contribution is 6.25. The monoisotopic (exact) mass is 343 g/mol. The van der Waals surface area contributed by atoms with Crippen molar-refractivity contribution in [1.29, 1.82) is 0 Å². The second kappa shape index (κ2) is 6.93. The van der Waals surface area contributed by atoms with Crippen molar-refractivity contribution in [2.45, 2.75) is 17.7 Å². The zero-order valence-electron chi connectivity index (χ0n) is 13.0. The van der Waals surface area contributed by atoms with E-state index in [9.17, 15) is 4.79 Å². The maximum atomic E-state index is 10.5. The summed E-state index contributed by atoms with van der Waals surface area (Å²) in [6, 6.07) is 10.2. The molecule has 0 saturated heterocycles. The van der Waals surface area contributed by atoms with Crippen LogP contribution in [0.15, 0.2) is 54.8 Å². The van der Waals surface area contributed by atoms with E-state index >= 15 is 0 Å². The van der Waals surface area contributed by atoms with Gasteiger partial charge in [-0.1, -0.05) is 48.6 Å². The molecule has 1 aromatic carbocycles. The van der Waals surface area contributed by atoms with Crippen molar-refractivity contribution >= 4 is 23.3 Å². The molecule has 0 fully saturated rings. The van der Waals surface area contributed by atoms with E-state index in [0.717, 1.165) is 16.8 Å². The summed E-state index contributed by atoms with van der Waals surface area (Å²) in [4.78, 5) is 17.4. The lowest BCUT2D eigenvalue weighted by molar-refractivity contribution is 0.194. The zero-order valence-corrected chi connectivity index (χ0v) is 13.8. The molecule has 0 bridgehead atoms. The van der Waals surface area contributed by atoms with Crippen molar-refractivity contribution < 1.29 is 9.90 Å². The Labute approximate surface area is 145 Å². The van der Waals surface area contributed by atoms with Gasteiger partial charge in [-0.15, -0.1) is 11.6 Å². The highest BCUT2D eigenvalue weighted by atomic mass is 35.5. The van der Waals surface area contributed by atoms with Gasteiger partial charge in [0.05, 0.1) is 5.69 Å². The molecule has 1 aliphatic rings. The number of carbonyl (C=O) groups is 1. The summed E-state index contributed by atoms with van der Waals surface area (Å²) >= 11 is 6.73. The molecular formula is C18H18ClN3O2. The number of halogens is 1. The van der Waals surface area contributed by atoms with Crippen LogP contribution in [0.2, 0.25) is 0 Å². The number of hydrogen-bond donors (Lipinski definition) is 3. The lowest BCUT2D eigenvalue weighted by Gasteiger charge is -2.23. The second-order valence-corrected chi connectivity index (χ2v) is 6.31. The third kappa shape index (κ3) is 3.68. The van der Waals surface area contributed by atoms with Gasteiger partial charge in [0.25, 0.3) is 0 Å². The Morgan fingerprint density at radius 2 is 2.17 bits per heavy atom. The van der Waals surface area contributed by atoms with Gasteiger partial charge in [-0.05, 0) is 17.6 Å². The maximum Gasteiger partial charge on any atom is 0.404 e. The third-order valence-electron chi connectivity index (χ3n) is 3.95. The Morgan fingerprint density at radius 1 is 1.38 bits per heavy atom. The number of hydrogen-bond acceptors (Lipinski definition) is 2. The largest absolute Gasteiger partial charge is 0.465 e. The van der Waals surface area contributed by atoms with E-state index in [1.807, 2.05) is 30.4 Å². The van der Waals surface area contributed by atoms with E-state index in [0.29, 0.717) is 25.2 Å². The van der Waals surface area contributed by atoms with Crippen LogP contribution in [-0.4, -0.2) is 27.7 Å². The van der Waals surface area contributed by atoms with Crippen LogP contribution in [-0.2, 0) is 11.3 Å². The minimum Gasteiger partial charge on any atom is -0.465 e. The van der Waals surface area contributed by atoms with Crippen molar-refractivity contribution in [3.8, 4) is 0 Å². The van der Waals surface area contributed by atoms with E-state index in [4.69, 9.17) is 16.7 Å². The summed E-state index contributed by atoms with van der Waals surface area (Å²) < 4.78 is 0. The van der Waals surface area contributed by atoms with Crippen molar-refractivity contribution in [2.24, 2.45) is 0 Å². The first-order valence-electron chi connectivity index (χ1n) is 7.72. The summed E-state index contributed by atoms with van der Waals surface area (Å²) in [5.41, 5.74) is 3.05. The van der Waals surface area contributed by atoms with Crippen molar-refractivity contribution in [1.82, 2.24) is 15.3 Å². The number of amides is 1. The van der Waals surface area contributed by atoms with Crippen LogP contribution in [0.1, 0.15) is 23.5 Å². The molecule has 1 aromatic heterocycles. The number of rotatable bonds is 5. The van der Waals surface area contributed by atoms with Crippen LogP contribution < -0.4 is 5.32 Å². The number of allylic oxidation sites excluding steroid dienone is 4. The first-order chi connectivity index (χ1) is 11.6. The molecule has 0 aliphatic heterocycles. The molecule has 1 aliphatic carbocycles. The Kier molecular flexibility index (Phi) is 4.71. The number of benzene rings is 1. The molecule has 1 unspecified atom stereocenters. The molecule has 0 radical (unpaired) electrons. The van der Waals surface area contributed by atoms with Gasteiger partial charge >= 0.3 is 6.09 Å². The molecule has 1 heterocycles. The van der Waals surface area contributed by atoms with Gasteiger partial charge in [0, 0.05) is 19.2 Å². The molecule has 5 nitrogen and oxygen atoms in total. The molecular weight excluding hydrogens is 326 g/mol. The van der Waals surface area contributed by atoms with E-state index < -0.39 is 11.0 Å². The van der Waals surface area contributed by atoms with Crippen LogP contribution >= 0.6 is 11.6 Å². The standard InChI is InChI=1S/C18H18ClN3O2/c19-18(15-12-21-16(22-15)8-11-20-17(23)24)9-6-14(7-10-18)13-4-2-1-3-5-13/h1-7,9,12,20H,8,10-11H2,(H,21,22)(H,23,24). The number of aromatic amines is 1. The molecule has 0 spiro atoms. The van der Waals surface area contributed by atoms with E-state index in [1.54, 1.807) is 6.20 Å². The van der Waals surface area contributed by atoms with Gasteiger partial charge in [-0.3, -0.25) is 0 Å². The van der Waals surface area contributed by atoms with Crippen molar-refractivity contribution in [3.05, 3.63) is 71.8 Å². The summed E-state index contributed by atoms with van der Waals surface area (Å²) in [6.07, 6.45) is 7.99. The topological polar surface area (TPSA) is 78.0 Å². The van der Waals surface area contributed by atoms with Gasteiger partial charge in [0.1, 0.15) is 10.7 Å². The predicted molar refractivity (Wildman–Crippen MR) is 94.0 cm³/mol. The first-order valence-corrected chi connectivity index (χ1v) is 8.10. The Hall–Kier alpha value is -2.53. The number of H-pyrrole nitrogens is 1. The summed E-state index contributed by atoms with van der Waals surface area (Å²) in [5.74, 6) is 0.713. The molecule has 124 valence electrons. The smallest absolute Gasteiger partial charge is 0.404 e. The minimum atomic E-state index is -1.04. The fourth-order valence-corrected chi connectivity index (χ4v) is 2.88. The Balaban J connectivity index is 1.68. The number of aromatic nitrogens is 2. The van der Waals surface area contributed by atoms with Crippen molar-refractivity contribution in [3.63, 3.8) is 0 Å². The number of alkyl halides is 1. The molecule has 2 aromatic rings. The first kappa shape index (κ1) is 16.3. The van der Waals surface area contributed by atoms with Gasteiger partial charge in [-0.25, -0.2) is 9.78 Å². The highest BCUT2D eigenvalue weighted by Crippen LogP contribution is 2.39. The minimum absolute atomic E-state index is 0.311. The number of nitrogens with one attached hydrogen (secondary N) is 2. The van der Waals surface area contributed by atoms with Crippen LogP contribution in [0.25, 0.3) is 5.57 Å². The molecule has 3 N–H and O–H groups in total. The van der Waals surface area contributed by atoms with Gasteiger partial charge < -0.3 is 15.4 Å². The molecule has 24 heavy (non-hydrogen) atoms. The predicted octanol–water partition coefficient (Wildman–Crippen LogP) is 3.70. The summed E-state index contributed by atoms with van der Waals surface area (Å²) in [7, 11) is 0. The van der Waals surface area contributed by atoms with E-state index in [-0.39, 0.29) is 0 Å². The van der Waals surface area contributed by atoms with Gasteiger partial charge in [-0.2, -0.15) is 0 Å². The lowest BCUT2D eigenvalue weighted by Crippen LogP contribution is -2.23. The molecule has 6 heteroatoms. The van der Waals surface area contributed by atoms with Crippen LogP contribution in [0.4, 0.5) is 4.79 Å². The fourth-order valence-electron chi connectivity index (χ4n) is 2.64. The average Bonchev–Trinajstić information content (AvgIpc) is 3.06. The molecule has 0 saturated carbocycles. The van der Waals surface area contributed by atoms with Crippen LogP contribution in [0, 0.1) is 0 Å². The molecule has 1 amide bonds.